The van der Waals surface area contributed by atoms with Crippen LogP contribution in [0.25, 0.3) is 0 Å². The first kappa shape index (κ1) is 14.0. The molecule has 0 aliphatic heterocycles. The largest absolute Gasteiger partial charge is 0.489 e. The lowest BCUT2D eigenvalue weighted by atomic mass is 10.1. The Bertz CT molecular complexity index is 383. The number of aromatic nitrogens is 2. The van der Waals surface area contributed by atoms with E-state index in [1.54, 1.807) is 0 Å². The van der Waals surface area contributed by atoms with Crippen molar-refractivity contribution >= 4 is 11.6 Å². The molecule has 0 aliphatic rings. The summed E-state index contributed by atoms with van der Waals surface area (Å²) in [7, 11) is 5.50. The van der Waals surface area contributed by atoms with E-state index in [4.69, 9.17) is 21.1 Å². The topological polar surface area (TPSA) is 47.5 Å². The van der Waals surface area contributed by atoms with Crippen LogP contribution in [0.3, 0.4) is 0 Å². The molecule has 1 rings (SSSR count). The maximum atomic E-state index is 5.88. The lowest BCUT2D eigenvalue weighted by molar-refractivity contribution is 0.108. The van der Waals surface area contributed by atoms with Crippen LogP contribution in [0, 0.1) is 0 Å². The highest BCUT2D eigenvalue weighted by molar-refractivity contribution is 6.31. The van der Waals surface area contributed by atoms with Crippen LogP contribution in [0.2, 0.25) is 5.15 Å². The second-order valence-electron chi connectivity index (χ2n) is 4.50. The zero-order valence-electron chi connectivity index (χ0n) is 10.8. The Morgan fingerprint density at radius 1 is 1.35 bits per heavy atom. The molecule has 0 aliphatic carbocycles. The molecule has 0 spiro atoms. The second-order valence-corrected chi connectivity index (χ2v) is 4.86. The summed E-state index contributed by atoms with van der Waals surface area (Å²) in [5.41, 5.74) is -0.109. The number of ether oxygens (including phenoxy) is 2. The van der Waals surface area contributed by atoms with Gasteiger partial charge in [-0.15, -0.1) is 0 Å². The molecule has 0 unspecified atom stereocenters. The van der Waals surface area contributed by atoms with Crippen molar-refractivity contribution in [3.05, 3.63) is 11.5 Å². The molecule has 1 aromatic rings. The van der Waals surface area contributed by atoms with Crippen LogP contribution in [0.1, 0.15) is 13.8 Å². The van der Waals surface area contributed by atoms with Gasteiger partial charge in [0.15, 0.2) is 5.15 Å². The average Bonchev–Trinajstić information content (AvgIpc) is 2.26. The van der Waals surface area contributed by atoms with E-state index in [2.05, 4.69) is 28.7 Å². The molecule has 6 heteroatoms. The van der Waals surface area contributed by atoms with Gasteiger partial charge in [-0.2, -0.15) is 4.98 Å². The molecule has 0 saturated heterocycles. The molecule has 96 valence electrons. The number of hydrogen-bond donors (Lipinski definition) is 0. The highest BCUT2D eigenvalue weighted by Crippen LogP contribution is 2.30. The minimum atomic E-state index is -0.109. The fourth-order valence-electron chi connectivity index (χ4n) is 0.986. The highest BCUT2D eigenvalue weighted by Gasteiger charge is 2.23. The number of likely N-dealkylation sites (N-methyl/N-ethyl adjacent to an activating group) is 1. The van der Waals surface area contributed by atoms with Gasteiger partial charge in [-0.1, -0.05) is 11.6 Å². The van der Waals surface area contributed by atoms with Gasteiger partial charge in [0.25, 0.3) is 5.88 Å². The fraction of sp³-hybridized carbons (Fsp3) is 0.636. The van der Waals surface area contributed by atoms with Crippen molar-refractivity contribution in [2.45, 2.75) is 19.4 Å². The summed E-state index contributed by atoms with van der Waals surface area (Å²) < 4.78 is 10.7. The van der Waals surface area contributed by atoms with Crippen LogP contribution in [-0.4, -0.2) is 48.2 Å². The maximum absolute atomic E-state index is 5.88. The van der Waals surface area contributed by atoms with Crippen molar-refractivity contribution in [3.63, 3.8) is 0 Å². The van der Waals surface area contributed by atoms with Crippen LogP contribution in [0.15, 0.2) is 6.33 Å². The molecule has 0 N–H and O–H groups in total. The Labute approximate surface area is 107 Å². The van der Waals surface area contributed by atoms with Crippen LogP contribution >= 0.6 is 11.6 Å². The Kier molecular flexibility index (Phi) is 4.54. The molecule has 0 bridgehead atoms. The highest BCUT2D eigenvalue weighted by atomic mass is 35.5. The van der Waals surface area contributed by atoms with Gasteiger partial charge in [0, 0.05) is 5.54 Å². The zero-order valence-corrected chi connectivity index (χ0v) is 11.6. The van der Waals surface area contributed by atoms with Crippen molar-refractivity contribution in [3.8, 4) is 11.6 Å². The van der Waals surface area contributed by atoms with Crippen molar-refractivity contribution in [1.29, 1.82) is 0 Å². The SMILES string of the molecule is COc1c(Cl)ncnc1OCC(C)(C)N(C)C. The van der Waals surface area contributed by atoms with E-state index in [0.29, 0.717) is 18.2 Å². The molecule has 0 fully saturated rings. The fourth-order valence-corrected chi connectivity index (χ4v) is 1.19. The average molecular weight is 260 g/mol. The van der Waals surface area contributed by atoms with Gasteiger partial charge in [-0.25, -0.2) is 4.98 Å². The summed E-state index contributed by atoms with van der Waals surface area (Å²) in [6.45, 7) is 4.62. The van der Waals surface area contributed by atoms with Crippen LogP contribution < -0.4 is 9.47 Å². The Morgan fingerprint density at radius 2 is 2.00 bits per heavy atom. The summed E-state index contributed by atoms with van der Waals surface area (Å²) in [5, 5.41) is 0.250. The Hall–Kier alpha value is -1.07. The van der Waals surface area contributed by atoms with Gasteiger partial charge >= 0.3 is 0 Å². The third-order valence-corrected chi connectivity index (χ3v) is 2.97. The monoisotopic (exact) mass is 259 g/mol. The summed E-state index contributed by atoms with van der Waals surface area (Å²) in [6, 6.07) is 0. The summed E-state index contributed by atoms with van der Waals surface area (Å²) in [4.78, 5) is 9.91. The van der Waals surface area contributed by atoms with E-state index < -0.39 is 0 Å². The normalized spacial score (nSPS) is 11.7. The molecule has 0 amide bonds. The Balaban J connectivity index is 2.79. The third-order valence-electron chi connectivity index (χ3n) is 2.70. The number of halogens is 1. The summed E-state index contributed by atoms with van der Waals surface area (Å²) in [6.07, 6.45) is 1.35. The molecule has 1 heterocycles. The van der Waals surface area contributed by atoms with E-state index >= 15 is 0 Å². The smallest absolute Gasteiger partial charge is 0.261 e. The molecular formula is C11H18ClN3O2. The number of methoxy groups -OCH3 is 1. The van der Waals surface area contributed by atoms with Crippen molar-refractivity contribution in [2.75, 3.05) is 27.8 Å². The summed E-state index contributed by atoms with van der Waals surface area (Å²) in [5.74, 6) is 0.728. The van der Waals surface area contributed by atoms with E-state index in [9.17, 15) is 0 Å². The molecule has 5 nitrogen and oxygen atoms in total. The van der Waals surface area contributed by atoms with Crippen LogP contribution in [0.4, 0.5) is 0 Å². The van der Waals surface area contributed by atoms with Crippen LogP contribution in [-0.2, 0) is 0 Å². The van der Waals surface area contributed by atoms with Crippen LogP contribution in [0.5, 0.6) is 11.6 Å². The first-order valence-electron chi connectivity index (χ1n) is 5.23. The quantitative estimate of drug-likeness (QED) is 0.756. The van der Waals surface area contributed by atoms with Crippen molar-refractivity contribution in [2.24, 2.45) is 0 Å². The van der Waals surface area contributed by atoms with Gasteiger partial charge in [0.2, 0.25) is 5.75 Å². The minimum absolute atomic E-state index is 0.109. The van der Waals surface area contributed by atoms with Crippen molar-refractivity contribution < 1.29 is 9.47 Å². The van der Waals surface area contributed by atoms with Gasteiger partial charge in [-0.3, -0.25) is 0 Å². The standard InChI is InChI=1S/C11H18ClN3O2/c1-11(2,15(3)4)6-17-10-8(16-5)9(12)13-7-14-10/h7H,6H2,1-5H3. The molecule has 1 aromatic heterocycles. The second kappa shape index (κ2) is 5.51. The van der Waals surface area contributed by atoms with Gasteiger partial charge < -0.3 is 14.4 Å². The first-order valence-corrected chi connectivity index (χ1v) is 5.61. The minimum Gasteiger partial charge on any atom is -0.489 e. The van der Waals surface area contributed by atoms with Crippen molar-refractivity contribution in [1.82, 2.24) is 14.9 Å². The van der Waals surface area contributed by atoms with E-state index in [1.165, 1.54) is 13.4 Å². The number of nitrogens with zero attached hydrogens (tertiary/aromatic N) is 3. The predicted molar refractivity (Wildman–Crippen MR) is 66.9 cm³/mol. The molecule has 0 aromatic carbocycles. The third kappa shape index (κ3) is 3.44. The van der Waals surface area contributed by atoms with E-state index in [-0.39, 0.29) is 10.7 Å². The molecular weight excluding hydrogens is 242 g/mol. The maximum Gasteiger partial charge on any atom is 0.261 e. The first-order chi connectivity index (χ1) is 7.88. The Morgan fingerprint density at radius 3 is 2.53 bits per heavy atom. The van der Waals surface area contributed by atoms with Gasteiger partial charge in [-0.05, 0) is 27.9 Å². The van der Waals surface area contributed by atoms with Gasteiger partial charge in [0.05, 0.1) is 7.11 Å². The number of rotatable bonds is 5. The molecule has 0 radical (unpaired) electrons. The molecule has 0 saturated carbocycles. The lowest BCUT2D eigenvalue weighted by Crippen LogP contribution is -2.43. The lowest BCUT2D eigenvalue weighted by Gasteiger charge is -2.32. The predicted octanol–water partition coefficient (Wildman–Crippen LogP) is 1.86. The van der Waals surface area contributed by atoms with E-state index in [0.717, 1.165) is 0 Å². The molecule has 17 heavy (non-hydrogen) atoms. The van der Waals surface area contributed by atoms with Gasteiger partial charge in [0.1, 0.15) is 12.9 Å². The zero-order chi connectivity index (χ0) is 13.1. The summed E-state index contributed by atoms with van der Waals surface area (Å²) >= 11 is 5.88. The van der Waals surface area contributed by atoms with E-state index in [1.807, 2.05) is 14.1 Å². The number of hydrogen-bond acceptors (Lipinski definition) is 5. The molecule has 0 atom stereocenters.